The minimum absolute atomic E-state index is 0.602. The SMILES string of the molecule is CCSCCC(C)NC1CCCOC1. The van der Waals surface area contributed by atoms with Crippen molar-refractivity contribution in [1.82, 2.24) is 5.32 Å². The summed E-state index contributed by atoms with van der Waals surface area (Å²) in [6.07, 6.45) is 3.77. The predicted octanol–water partition coefficient (Wildman–Crippen LogP) is 2.29. The molecule has 0 aromatic carbocycles. The molecule has 1 aliphatic heterocycles. The van der Waals surface area contributed by atoms with Gasteiger partial charge >= 0.3 is 0 Å². The van der Waals surface area contributed by atoms with Gasteiger partial charge in [-0.2, -0.15) is 11.8 Å². The first-order chi connectivity index (χ1) is 6.83. The highest BCUT2D eigenvalue weighted by Gasteiger charge is 2.15. The summed E-state index contributed by atoms with van der Waals surface area (Å²) in [6.45, 7) is 6.37. The fraction of sp³-hybridized carbons (Fsp3) is 1.00. The average Bonchev–Trinajstić information content (AvgIpc) is 2.20. The number of nitrogens with one attached hydrogen (secondary N) is 1. The molecular weight excluding hydrogens is 194 g/mol. The van der Waals surface area contributed by atoms with Crippen molar-refractivity contribution < 1.29 is 4.74 Å². The number of thioether (sulfide) groups is 1. The van der Waals surface area contributed by atoms with E-state index in [1.807, 2.05) is 11.8 Å². The fourth-order valence-corrected chi connectivity index (χ4v) is 2.57. The van der Waals surface area contributed by atoms with E-state index < -0.39 is 0 Å². The number of rotatable bonds is 6. The van der Waals surface area contributed by atoms with E-state index in [9.17, 15) is 0 Å². The Labute approximate surface area is 92.2 Å². The Morgan fingerprint density at radius 2 is 2.43 bits per heavy atom. The Bertz CT molecular complexity index is 137. The third-order valence-electron chi connectivity index (χ3n) is 2.58. The summed E-state index contributed by atoms with van der Waals surface area (Å²) < 4.78 is 5.44. The van der Waals surface area contributed by atoms with Gasteiger partial charge in [0.15, 0.2) is 0 Å². The monoisotopic (exact) mass is 217 g/mol. The lowest BCUT2D eigenvalue weighted by atomic mass is 10.1. The van der Waals surface area contributed by atoms with Gasteiger partial charge in [-0.25, -0.2) is 0 Å². The minimum atomic E-state index is 0.602. The smallest absolute Gasteiger partial charge is 0.0619 e. The van der Waals surface area contributed by atoms with E-state index in [-0.39, 0.29) is 0 Å². The largest absolute Gasteiger partial charge is 0.380 e. The van der Waals surface area contributed by atoms with Gasteiger partial charge in [-0.15, -0.1) is 0 Å². The van der Waals surface area contributed by atoms with E-state index >= 15 is 0 Å². The molecule has 1 aliphatic rings. The molecule has 1 heterocycles. The molecule has 2 unspecified atom stereocenters. The molecule has 0 aromatic heterocycles. The van der Waals surface area contributed by atoms with Gasteiger partial charge in [-0.3, -0.25) is 0 Å². The normalized spacial score (nSPS) is 24.9. The van der Waals surface area contributed by atoms with Crippen LogP contribution in [-0.2, 0) is 4.74 Å². The number of ether oxygens (including phenoxy) is 1. The van der Waals surface area contributed by atoms with E-state index in [4.69, 9.17) is 4.74 Å². The number of hydrogen-bond donors (Lipinski definition) is 1. The molecule has 1 saturated heterocycles. The van der Waals surface area contributed by atoms with Crippen LogP contribution in [0.4, 0.5) is 0 Å². The highest BCUT2D eigenvalue weighted by molar-refractivity contribution is 7.99. The maximum atomic E-state index is 5.44. The van der Waals surface area contributed by atoms with E-state index in [0.717, 1.165) is 13.2 Å². The summed E-state index contributed by atoms with van der Waals surface area (Å²) in [5.74, 6) is 2.51. The first-order valence-electron chi connectivity index (χ1n) is 5.74. The van der Waals surface area contributed by atoms with Gasteiger partial charge in [0.1, 0.15) is 0 Å². The van der Waals surface area contributed by atoms with Gasteiger partial charge in [-0.05, 0) is 37.7 Å². The summed E-state index contributed by atoms with van der Waals surface area (Å²) in [7, 11) is 0. The molecule has 0 aliphatic carbocycles. The molecule has 2 nitrogen and oxygen atoms in total. The lowest BCUT2D eigenvalue weighted by Gasteiger charge is -2.26. The quantitative estimate of drug-likeness (QED) is 0.690. The second kappa shape index (κ2) is 7.55. The van der Waals surface area contributed by atoms with Crippen LogP contribution in [-0.4, -0.2) is 36.8 Å². The molecule has 0 saturated carbocycles. The van der Waals surface area contributed by atoms with Crippen molar-refractivity contribution in [3.05, 3.63) is 0 Å². The fourth-order valence-electron chi connectivity index (χ4n) is 1.76. The molecule has 14 heavy (non-hydrogen) atoms. The van der Waals surface area contributed by atoms with Crippen LogP contribution in [0.25, 0.3) is 0 Å². The Balaban J connectivity index is 2.03. The summed E-state index contributed by atoms with van der Waals surface area (Å²) in [5.41, 5.74) is 0. The van der Waals surface area contributed by atoms with Crippen molar-refractivity contribution in [1.29, 1.82) is 0 Å². The third-order valence-corrected chi connectivity index (χ3v) is 3.51. The molecule has 1 rings (SSSR count). The summed E-state index contributed by atoms with van der Waals surface area (Å²) in [5, 5.41) is 3.64. The lowest BCUT2D eigenvalue weighted by Crippen LogP contribution is -2.42. The summed E-state index contributed by atoms with van der Waals surface area (Å²) >= 11 is 2.03. The van der Waals surface area contributed by atoms with E-state index in [1.165, 1.54) is 30.8 Å². The Hall–Kier alpha value is 0.270. The topological polar surface area (TPSA) is 21.3 Å². The molecule has 3 heteroatoms. The first-order valence-corrected chi connectivity index (χ1v) is 6.90. The van der Waals surface area contributed by atoms with Crippen LogP contribution >= 0.6 is 11.8 Å². The zero-order valence-electron chi connectivity index (χ0n) is 9.42. The van der Waals surface area contributed by atoms with Gasteiger partial charge in [0.2, 0.25) is 0 Å². The molecule has 84 valence electrons. The second-order valence-corrected chi connectivity index (χ2v) is 5.36. The van der Waals surface area contributed by atoms with Gasteiger partial charge in [-0.1, -0.05) is 6.92 Å². The third kappa shape index (κ3) is 5.23. The molecule has 0 spiro atoms. The van der Waals surface area contributed by atoms with E-state index in [2.05, 4.69) is 19.2 Å². The number of hydrogen-bond acceptors (Lipinski definition) is 3. The van der Waals surface area contributed by atoms with Crippen LogP contribution < -0.4 is 5.32 Å². The highest BCUT2D eigenvalue weighted by Crippen LogP contribution is 2.09. The highest BCUT2D eigenvalue weighted by atomic mass is 32.2. The van der Waals surface area contributed by atoms with Crippen LogP contribution in [0.2, 0.25) is 0 Å². The molecule has 0 aromatic rings. The maximum Gasteiger partial charge on any atom is 0.0619 e. The summed E-state index contributed by atoms with van der Waals surface area (Å²) in [4.78, 5) is 0. The van der Waals surface area contributed by atoms with Crippen molar-refractivity contribution in [3.63, 3.8) is 0 Å². The van der Waals surface area contributed by atoms with Gasteiger partial charge in [0.25, 0.3) is 0 Å². The molecule has 1 fully saturated rings. The predicted molar refractivity (Wildman–Crippen MR) is 64.1 cm³/mol. The van der Waals surface area contributed by atoms with Crippen LogP contribution in [0.3, 0.4) is 0 Å². The van der Waals surface area contributed by atoms with Gasteiger partial charge in [0, 0.05) is 18.7 Å². The van der Waals surface area contributed by atoms with Crippen molar-refractivity contribution >= 4 is 11.8 Å². The first kappa shape index (κ1) is 12.3. The Morgan fingerprint density at radius 3 is 3.07 bits per heavy atom. The van der Waals surface area contributed by atoms with Crippen molar-refractivity contribution in [3.8, 4) is 0 Å². The Kier molecular flexibility index (Phi) is 6.65. The minimum Gasteiger partial charge on any atom is -0.380 e. The molecule has 0 radical (unpaired) electrons. The molecule has 0 amide bonds. The van der Waals surface area contributed by atoms with E-state index in [0.29, 0.717) is 12.1 Å². The molecular formula is C11H23NOS. The lowest BCUT2D eigenvalue weighted by molar-refractivity contribution is 0.0670. The van der Waals surface area contributed by atoms with Crippen molar-refractivity contribution in [2.45, 2.75) is 45.2 Å². The van der Waals surface area contributed by atoms with Crippen LogP contribution in [0.1, 0.15) is 33.1 Å². The standard InChI is InChI=1S/C11H23NOS/c1-3-14-8-6-10(2)12-11-5-4-7-13-9-11/h10-12H,3-9H2,1-2H3. The zero-order valence-corrected chi connectivity index (χ0v) is 10.2. The van der Waals surface area contributed by atoms with Crippen molar-refractivity contribution in [2.24, 2.45) is 0 Å². The van der Waals surface area contributed by atoms with Crippen molar-refractivity contribution in [2.75, 3.05) is 24.7 Å². The summed E-state index contributed by atoms with van der Waals surface area (Å²) in [6, 6.07) is 1.24. The Morgan fingerprint density at radius 1 is 1.57 bits per heavy atom. The second-order valence-electron chi connectivity index (χ2n) is 3.97. The van der Waals surface area contributed by atoms with Gasteiger partial charge < -0.3 is 10.1 Å². The zero-order chi connectivity index (χ0) is 10.2. The molecule has 2 atom stereocenters. The van der Waals surface area contributed by atoms with Crippen LogP contribution in [0.15, 0.2) is 0 Å². The maximum absolute atomic E-state index is 5.44. The van der Waals surface area contributed by atoms with E-state index in [1.54, 1.807) is 0 Å². The molecule has 0 bridgehead atoms. The average molecular weight is 217 g/mol. The van der Waals surface area contributed by atoms with Gasteiger partial charge in [0.05, 0.1) is 6.61 Å². The van der Waals surface area contributed by atoms with Crippen LogP contribution in [0, 0.1) is 0 Å². The molecule has 1 N–H and O–H groups in total. The van der Waals surface area contributed by atoms with Crippen LogP contribution in [0.5, 0.6) is 0 Å².